The van der Waals surface area contributed by atoms with E-state index in [9.17, 15) is 4.79 Å². The molecule has 0 unspecified atom stereocenters. The summed E-state index contributed by atoms with van der Waals surface area (Å²) in [7, 11) is 0. The predicted octanol–water partition coefficient (Wildman–Crippen LogP) is 3.77. The van der Waals surface area contributed by atoms with E-state index in [1.54, 1.807) is 11.3 Å². The zero-order chi connectivity index (χ0) is 16.3. The SMILES string of the molecule is Cc1nn(CCC(=O)N[C@@H](c2cccs2)C(C)C)c(C)c1C. The third-order valence-corrected chi connectivity index (χ3v) is 5.08. The Kier molecular flexibility index (Phi) is 5.40. The van der Waals surface area contributed by atoms with Crippen LogP contribution in [-0.2, 0) is 11.3 Å². The van der Waals surface area contributed by atoms with Gasteiger partial charge < -0.3 is 5.32 Å². The topological polar surface area (TPSA) is 46.9 Å². The molecule has 0 aromatic carbocycles. The van der Waals surface area contributed by atoms with Crippen LogP contribution in [0.15, 0.2) is 17.5 Å². The smallest absolute Gasteiger partial charge is 0.222 e. The Balaban J connectivity index is 1.96. The van der Waals surface area contributed by atoms with Gasteiger partial charge in [0.15, 0.2) is 0 Å². The molecule has 4 nitrogen and oxygen atoms in total. The number of nitrogens with one attached hydrogen (secondary N) is 1. The van der Waals surface area contributed by atoms with Crippen LogP contribution in [0.5, 0.6) is 0 Å². The van der Waals surface area contributed by atoms with E-state index in [2.05, 4.69) is 49.6 Å². The zero-order valence-electron chi connectivity index (χ0n) is 14.0. The lowest BCUT2D eigenvalue weighted by Crippen LogP contribution is -2.31. The van der Waals surface area contributed by atoms with Gasteiger partial charge in [0.2, 0.25) is 5.91 Å². The standard InChI is InChI=1S/C17H25N3OS/c1-11(2)17(15-7-6-10-22-15)18-16(21)8-9-20-14(5)12(3)13(4)19-20/h6-7,10-11,17H,8-9H2,1-5H3,(H,18,21)/t17-/m1/s1. The minimum Gasteiger partial charge on any atom is -0.348 e. The molecule has 22 heavy (non-hydrogen) atoms. The molecular weight excluding hydrogens is 294 g/mol. The number of carbonyl (C=O) groups is 1. The lowest BCUT2D eigenvalue weighted by molar-refractivity contribution is -0.122. The van der Waals surface area contributed by atoms with Gasteiger partial charge in [-0.05, 0) is 43.7 Å². The number of amides is 1. The number of nitrogens with zero attached hydrogens (tertiary/aromatic N) is 2. The first-order chi connectivity index (χ1) is 10.4. The van der Waals surface area contributed by atoms with Gasteiger partial charge in [-0.3, -0.25) is 9.48 Å². The molecular formula is C17H25N3OS. The fraction of sp³-hybridized carbons (Fsp3) is 0.529. The second-order valence-corrected chi connectivity index (χ2v) is 7.05. The maximum Gasteiger partial charge on any atom is 0.222 e. The molecule has 120 valence electrons. The molecule has 0 aliphatic carbocycles. The lowest BCUT2D eigenvalue weighted by Gasteiger charge is -2.21. The van der Waals surface area contributed by atoms with Gasteiger partial charge in [-0.1, -0.05) is 19.9 Å². The number of carbonyl (C=O) groups excluding carboxylic acids is 1. The van der Waals surface area contributed by atoms with E-state index in [4.69, 9.17) is 0 Å². The molecule has 0 bridgehead atoms. The van der Waals surface area contributed by atoms with Crippen LogP contribution in [0.4, 0.5) is 0 Å². The van der Waals surface area contributed by atoms with Gasteiger partial charge in [0.1, 0.15) is 0 Å². The molecule has 2 aromatic rings. The van der Waals surface area contributed by atoms with E-state index in [-0.39, 0.29) is 11.9 Å². The summed E-state index contributed by atoms with van der Waals surface area (Å²) in [6.07, 6.45) is 0.454. The van der Waals surface area contributed by atoms with Crippen molar-refractivity contribution < 1.29 is 4.79 Å². The summed E-state index contributed by atoms with van der Waals surface area (Å²) in [5, 5.41) is 9.70. The Bertz CT molecular complexity index is 629. The van der Waals surface area contributed by atoms with Gasteiger partial charge in [-0.2, -0.15) is 5.10 Å². The molecule has 0 radical (unpaired) electrons. The molecule has 1 atom stereocenters. The van der Waals surface area contributed by atoms with Crippen LogP contribution in [0.3, 0.4) is 0 Å². The van der Waals surface area contributed by atoms with Crippen LogP contribution < -0.4 is 5.32 Å². The number of rotatable bonds is 6. The van der Waals surface area contributed by atoms with Gasteiger partial charge in [-0.25, -0.2) is 0 Å². The summed E-state index contributed by atoms with van der Waals surface area (Å²) in [6.45, 7) is 11.0. The highest BCUT2D eigenvalue weighted by Gasteiger charge is 2.19. The van der Waals surface area contributed by atoms with Crippen molar-refractivity contribution in [3.05, 3.63) is 39.3 Å². The predicted molar refractivity (Wildman–Crippen MR) is 91.1 cm³/mol. The fourth-order valence-corrected chi connectivity index (χ4v) is 3.44. The number of aromatic nitrogens is 2. The van der Waals surface area contributed by atoms with E-state index in [1.807, 2.05) is 17.7 Å². The van der Waals surface area contributed by atoms with Crippen LogP contribution in [0.25, 0.3) is 0 Å². The number of hydrogen-bond acceptors (Lipinski definition) is 3. The highest BCUT2D eigenvalue weighted by atomic mass is 32.1. The first kappa shape index (κ1) is 16.7. The Morgan fingerprint density at radius 2 is 2.09 bits per heavy atom. The van der Waals surface area contributed by atoms with Crippen LogP contribution in [-0.4, -0.2) is 15.7 Å². The minimum absolute atomic E-state index is 0.0808. The van der Waals surface area contributed by atoms with Crippen molar-refractivity contribution in [1.29, 1.82) is 0 Å². The summed E-state index contributed by atoms with van der Waals surface area (Å²) in [5.41, 5.74) is 3.39. The van der Waals surface area contributed by atoms with Crippen molar-refractivity contribution in [2.24, 2.45) is 5.92 Å². The highest BCUT2D eigenvalue weighted by Crippen LogP contribution is 2.25. The third-order valence-electron chi connectivity index (χ3n) is 4.13. The molecule has 0 saturated carbocycles. The average Bonchev–Trinajstić information content (AvgIpc) is 3.07. The normalized spacial score (nSPS) is 12.6. The number of hydrogen-bond donors (Lipinski definition) is 1. The van der Waals surface area contributed by atoms with E-state index in [1.165, 1.54) is 10.4 Å². The van der Waals surface area contributed by atoms with E-state index in [0.29, 0.717) is 18.9 Å². The Morgan fingerprint density at radius 3 is 2.59 bits per heavy atom. The summed E-state index contributed by atoms with van der Waals surface area (Å²) in [5.74, 6) is 0.454. The van der Waals surface area contributed by atoms with Gasteiger partial charge in [0.05, 0.1) is 11.7 Å². The van der Waals surface area contributed by atoms with Gasteiger partial charge in [0.25, 0.3) is 0 Å². The Hall–Kier alpha value is -1.62. The largest absolute Gasteiger partial charge is 0.348 e. The van der Waals surface area contributed by atoms with Crippen molar-refractivity contribution in [2.45, 2.75) is 53.6 Å². The van der Waals surface area contributed by atoms with Crippen LogP contribution >= 0.6 is 11.3 Å². The molecule has 0 aliphatic heterocycles. The Labute approximate surface area is 136 Å². The molecule has 1 N–H and O–H groups in total. The average molecular weight is 319 g/mol. The molecule has 0 aliphatic rings. The zero-order valence-corrected chi connectivity index (χ0v) is 14.8. The van der Waals surface area contributed by atoms with E-state index < -0.39 is 0 Å². The van der Waals surface area contributed by atoms with Crippen LogP contribution in [0.1, 0.15) is 48.1 Å². The summed E-state index contributed by atoms with van der Waals surface area (Å²) in [6, 6.07) is 4.20. The summed E-state index contributed by atoms with van der Waals surface area (Å²) >= 11 is 1.69. The second-order valence-electron chi connectivity index (χ2n) is 6.07. The van der Waals surface area contributed by atoms with Crippen molar-refractivity contribution in [3.63, 3.8) is 0 Å². The molecule has 2 aromatic heterocycles. The van der Waals surface area contributed by atoms with E-state index in [0.717, 1.165) is 11.4 Å². The Morgan fingerprint density at radius 1 is 1.36 bits per heavy atom. The maximum absolute atomic E-state index is 12.3. The molecule has 5 heteroatoms. The van der Waals surface area contributed by atoms with Gasteiger partial charge in [0, 0.05) is 23.5 Å². The molecule has 1 amide bonds. The molecule has 0 saturated heterocycles. The number of thiophene rings is 1. The quantitative estimate of drug-likeness (QED) is 0.881. The highest BCUT2D eigenvalue weighted by molar-refractivity contribution is 7.10. The van der Waals surface area contributed by atoms with E-state index >= 15 is 0 Å². The van der Waals surface area contributed by atoms with Crippen molar-refractivity contribution in [3.8, 4) is 0 Å². The molecule has 0 fully saturated rings. The first-order valence-corrected chi connectivity index (χ1v) is 8.61. The van der Waals surface area contributed by atoms with Crippen molar-refractivity contribution in [1.82, 2.24) is 15.1 Å². The molecule has 2 heterocycles. The van der Waals surface area contributed by atoms with Crippen molar-refractivity contribution in [2.75, 3.05) is 0 Å². The molecule has 2 rings (SSSR count). The monoisotopic (exact) mass is 319 g/mol. The summed E-state index contributed by atoms with van der Waals surface area (Å²) in [4.78, 5) is 13.5. The summed E-state index contributed by atoms with van der Waals surface area (Å²) < 4.78 is 1.93. The fourth-order valence-electron chi connectivity index (χ4n) is 2.49. The van der Waals surface area contributed by atoms with Crippen LogP contribution in [0, 0.1) is 26.7 Å². The van der Waals surface area contributed by atoms with Crippen LogP contribution in [0.2, 0.25) is 0 Å². The maximum atomic E-state index is 12.3. The molecule has 0 spiro atoms. The third kappa shape index (κ3) is 3.77. The minimum atomic E-state index is 0.0808. The first-order valence-electron chi connectivity index (χ1n) is 7.73. The van der Waals surface area contributed by atoms with Gasteiger partial charge in [-0.15, -0.1) is 11.3 Å². The lowest BCUT2D eigenvalue weighted by atomic mass is 10.0. The second kappa shape index (κ2) is 7.09. The van der Waals surface area contributed by atoms with Gasteiger partial charge >= 0.3 is 0 Å². The van der Waals surface area contributed by atoms with Crippen molar-refractivity contribution >= 4 is 17.2 Å². The number of aryl methyl sites for hydroxylation is 2.